The number of aryl methyl sites for hydroxylation is 1. The molecule has 0 fully saturated rings. The van der Waals surface area contributed by atoms with Gasteiger partial charge in [-0.05, 0) is 43.2 Å². The third-order valence-corrected chi connectivity index (χ3v) is 3.37. The standard InChI is InChI=1S/C15H14ClNO2/c1-9-4-3-5-12(10(9)2)15(19)17-11-6-7-13(16)14(18)8-11/h3-8,18H,1-2H3,(H,17,19). The molecule has 2 N–H and O–H groups in total. The lowest BCUT2D eigenvalue weighted by atomic mass is 10.0. The molecule has 2 aromatic rings. The van der Waals surface area contributed by atoms with Gasteiger partial charge in [-0.3, -0.25) is 4.79 Å². The lowest BCUT2D eigenvalue weighted by Gasteiger charge is -2.10. The fraction of sp³-hybridized carbons (Fsp3) is 0.133. The number of hydrogen-bond donors (Lipinski definition) is 2. The van der Waals surface area contributed by atoms with Crippen molar-refractivity contribution in [3.8, 4) is 5.75 Å². The van der Waals surface area contributed by atoms with Crippen LogP contribution in [-0.2, 0) is 0 Å². The molecule has 0 radical (unpaired) electrons. The van der Waals surface area contributed by atoms with Crippen LogP contribution in [0.3, 0.4) is 0 Å². The second kappa shape index (κ2) is 5.33. The molecule has 0 aliphatic rings. The minimum absolute atomic E-state index is 0.0552. The molecule has 0 aromatic heterocycles. The van der Waals surface area contributed by atoms with Crippen LogP contribution < -0.4 is 5.32 Å². The van der Waals surface area contributed by atoms with Crippen molar-refractivity contribution in [2.75, 3.05) is 5.32 Å². The summed E-state index contributed by atoms with van der Waals surface area (Å²) in [4.78, 5) is 12.2. The quantitative estimate of drug-likeness (QED) is 0.873. The van der Waals surface area contributed by atoms with Crippen molar-refractivity contribution < 1.29 is 9.90 Å². The van der Waals surface area contributed by atoms with E-state index >= 15 is 0 Å². The van der Waals surface area contributed by atoms with Crippen molar-refractivity contribution in [2.24, 2.45) is 0 Å². The summed E-state index contributed by atoms with van der Waals surface area (Å²) >= 11 is 5.72. The van der Waals surface area contributed by atoms with Crippen LogP contribution in [-0.4, -0.2) is 11.0 Å². The van der Waals surface area contributed by atoms with Gasteiger partial charge < -0.3 is 10.4 Å². The minimum Gasteiger partial charge on any atom is -0.506 e. The number of carbonyl (C=O) groups is 1. The molecule has 0 spiro atoms. The van der Waals surface area contributed by atoms with Gasteiger partial charge in [-0.2, -0.15) is 0 Å². The van der Waals surface area contributed by atoms with Crippen molar-refractivity contribution in [1.82, 2.24) is 0 Å². The summed E-state index contributed by atoms with van der Waals surface area (Å²) in [5.41, 5.74) is 3.13. The van der Waals surface area contributed by atoms with Gasteiger partial charge in [0.1, 0.15) is 5.75 Å². The van der Waals surface area contributed by atoms with Gasteiger partial charge in [-0.1, -0.05) is 23.7 Å². The van der Waals surface area contributed by atoms with E-state index in [2.05, 4.69) is 5.32 Å². The Hall–Kier alpha value is -2.00. The molecule has 0 atom stereocenters. The third-order valence-electron chi connectivity index (χ3n) is 3.05. The predicted octanol–water partition coefficient (Wildman–Crippen LogP) is 3.91. The first-order chi connectivity index (χ1) is 8.99. The van der Waals surface area contributed by atoms with E-state index < -0.39 is 0 Å². The second-order valence-electron chi connectivity index (χ2n) is 4.37. The zero-order chi connectivity index (χ0) is 14.0. The number of hydrogen-bond acceptors (Lipinski definition) is 2. The van der Waals surface area contributed by atoms with Gasteiger partial charge >= 0.3 is 0 Å². The van der Waals surface area contributed by atoms with Gasteiger partial charge in [0.2, 0.25) is 0 Å². The minimum atomic E-state index is -0.206. The van der Waals surface area contributed by atoms with Gasteiger partial charge in [0, 0.05) is 17.3 Å². The molecule has 1 amide bonds. The zero-order valence-electron chi connectivity index (χ0n) is 10.7. The largest absolute Gasteiger partial charge is 0.506 e. The Bertz CT molecular complexity index is 638. The number of amides is 1. The first-order valence-electron chi connectivity index (χ1n) is 5.85. The number of halogens is 1. The Labute approximate surface area is 116 Å². The number of carbonyl (C=O) groups excluding carboxylic acids is 1. The lowest BCUT2D eigenvalue weighted by molar-refractivity contribution is 0.102. The van der Waals surface area contributed by atoms with Crippen LogP contribution in [0.2, 0.25) is 5.02 Å². The molecule has 2 aromatic carbocycles. The van der Waals surface area contributed by atoms with Crippen LogP contribution in [0.15, 0.2) is 36.4 Å². The van der Waals surface area contributed by atoms with E-state index in [-0.39, 0.29) is 16.7 Å². The molecule has 2 rings (SSSR count). The Kier molecular flexibility index (Phi) is 3.76. The van der Waals surface area contributed by atoms with Crippen LogP contribution in [0, 0.1) is 13.8 Å². The van der Waals surface area contributed by atoms with Gasteiger partial charge in [-0.15, -0.1) is 0 Å². The van der Waals surface area contributed by atoms with E-state index in [1.165, 1.54) is 12.1 Å². The summed E-state index contributed by atoms with van der Waals surface area (Å²) in [5, 5.41) is 12.5. The molecule has 98 valence electrons. The fourth-order valence-electron chi connectivity index (χ4n) is 1.79. The molecule has 3 nitrogen and oxygen atoms in total. The highest BCUT2D eigenvalue weighted by Crippen LogP contribution is 2.26. The van der Waals surface area contributed by atoms with Crippen molar-refractivity contribution in [3.63, 3.8) is 0 Å². The molecule has 0 aliphatic carbocycles. The summed E-state index contributed by atoms with van der Waals surface area (Å²) < 4.78 is 0. The van der Waals surface area contributed by atoms with Crippen LogP contribution in [0.1, 0.15) is 21.5 Å². The number of nitrogens with one attached hydrogen (secondary N) is 1. The molecule has 4 heteroatoms. The first kappa shape index (κ1) is 13.4. The van der Waals surface area contributed by atoms with E-state index in [0.717, 1.165) is 11.1 Å². The molecule has 0 heterocycles. The zero-order valence-corrected chi connectivity index (χ0v) is 11.5. The molecule has 0 saturated carbocycles. The van der Waals surface area contributed by atoms with Gasteiger partial charge in [-0.25, -0.2) is 0 Å². The van der Waals surface area contributed by atoms with E-state index in [4.69, 9.17) is 11.6 Å². The highest BCUT2D eigenvalue weighted by Gasteiger charge is 2.11. The molecule has 0 saturated heterocycles. The van der Waals surface area contributed by atoms with Gasteiger partial charge in [0.05, 0.1) is 5.02 Å². The van der Waals surface area contributed by atoms with Crippen molar-refractivity contribution >= 4 is 23.2 Å². The Morgan fingerprint density at radius 1 is 1.21 bits per heavy atom. The average Bonchev–Trinajstić information content (AvgIpc) is 2.37. The van der Waals surface area contributed by atoms with Crippen LogP contribution in [0.25, 0.3) is 0 Å². The highest BCUT2D eigenvalue weighted by atomic mass is 35.5. The highest BCUT2D eigenvalue weighted by molar-refractivity contribution is 6.32. The first-order valence-corrected chi connectivity index (χ1v) is 6.23. The van der Waals surface area contributed by atoms with Crippen LogP contribution in [0.4, 0.5) is 5.69 Å². The normalized spacial score (nSPS) is 10.3. The number of phenolic OH excluding ortho intramolecular Hbond substituents is 1. The van der Waals surface area contributed by atoms with E-state index in [0.29, 0.717) is 11.3 Å². The summed E-state index contributed by atoms with van der Waals surface area (Å²) in [7, 11) is 0. The van der Waals surface area contributed by atoms with Crippen molar-refractivity contribution in [2.45, 2.75) is 13.8 Å². The molecule has 0 aliphatic heterocycles. The lowest BCUT2D eigenvalue weighted by Crippen LogP contribution is -2.13. The number of rotatable bonds is 2. The second-order valence-corrected chi connectivity index (χ2v) is 4.77. The average molecular weight is 276 g/mol. The summed E-state index contributed by atoms with van der Waals surface area (Å²) in [5.74, 6) is -0.261. The summed E-state index contributed by atoms with van der Waals surface area (Å²) in [6, 6.07) is 10.2. The Morgan fingerprint density at radius 3 is 2.63 bits per heavy atom. The number of benzene rings is 2. The molecular weight excluding hydrogens is 262 g/mol. The van der Waals surface area contributed by atoms with Crippen LogP contribution in [0.5, 0.6) is 5.75 Å². The number of aromatic hydroxyl groups is 1. The number of anilines is 1. The third kappa shape index (κ3) is 2.88. The molecule has 0 bridgehead atoms. The van der Waals surface area contributed by atoms with Gasteiger partial charge in [0.25, 0.3) is 5.91 Å². The SMILES string of the molecule is Cc1cccc(C(=O)Nc2ccc(Cl)c(O)c2)c1C. The van der Waals surface area contributed by atoms with Crippen molar-refractivity contribution in [1.29, 1.82) is 0 Å². The topological polar surface area (TPSA) is 49.3 Å². The van der Waals surface area contributed by atoms with Crippen LogP contribution >= 0.6 is 11.6 Å². The van der Waals surface area contributed by atoms with E-state index in [1.807, 2.05) is 26.0 Å². The Morgan fingerprint density at radius 2 is 1.95 bits per heavy atom. The smallest absolute Gasteiger partial charge is 0.255 e. The maximum absolute atomic E-state index is 12.2. The maximum atomic E-state index is 12.2. The van der Waals surface area contributed by atoms with Gasteiger partial charge in [0.15, 0.2) is 0 Å². The van der Waals surface area contributed by atoms with Crippen molar-refractivity contribution in [3.05, 3.63) is 58.1 Å². The monoisotopic (exact) mass is 275 g/mol. The Balaban J connectivity index is 2.26. The summed E-state index contributed by atoms with van der Waals surface area (Å²) in [6.07, 6.45) is 0. The molecular formula is C15H14ClNO2. The molecule has 0 unspecified atom stereocenters. The van der Waals surface area contributed by atoms with E-state index in [9.17, 15) is 9.90 Å². The maximum Gasteiger partial charge on any atom is 0.255 e. The molecule has 19 heavy (non-hydrogen) atoms. The predicted molar refractivity (Wildman–Crippen MR) is 77.0 cm³/mol. The van der Waals surface area contributed by atoms with E-state index in [1.54, 1.807) is 12.1 Å². The number of phenols is 1. The summed E-state index contributed by atoms with van der Waals surface area (Å²) in [6.45, 7) is 3.86. The fourth-order valence-corrected chi connectivity index (χ4v) is 1.90.